The number of hydrogen-bond acceptors (Lipinski definition) is 3. The Morgan fingerprint density at radius 2 is 1.97 bits per heavy atom. The van der Waals surface area contributed by atoms with Crippen molar-refractivity contribution in [2.45, 2.75) is 50.1 Å². The maximum Gasteiger partial charge on any atom is 0.319 e. The summed E-state index contributed by atoms with van der Waals surface area (Å²) in [6.45, 7) is 1.86. The molecule has 7 heteroatoms. The summed E-state index contributed by atoms with van der Waals surface area (Å²) in [7, 11) is 0. The molecule has 1 aliphatic carbocycles. The number of urea groups is 1. The molecule has 2 N–H and O–H groups in total. The van der Waals surface area contributed by atoms with Crippen molar-refractivity contribution in [3.8, 4) is 11.3 Å². The summed E-state index contributed by atoms with van der Waals surface area (Å²) >= 11 is 6.19. The van der Waals surface area contributed by atoms with E-state index in [1.54, 1.807) is 24.5 Å². The minimum absolute atomic E-state index is 0.202. The monoisotopic (exact) mass is 481 g/mol. The zero-order chi connectivity index (χ0) is 23.5. The molecule has 2 aliphatic rings. The van der Waals surface area contributed by atoms with Crippen molar-refractivity contribution >= 4 is 23.3 Å². The van der Waals surface area contributed by atoms with Gasteiger partial charge < -0.3 is 15.1 Å². The Kier molecular flexibility index (Phi) is 6.61. The molecule has 3 aromatic rings. The van der Waals surface area contributed by atoms with Crippen LogP contribution in [0.15, 0.2) is 65.3 Å². The molecule has 5 nitrogen and oxygen atoms in total. The molecule has 0 spiro atoms. The highest BCUT2D eigenvalue weighted by molar-refractivity contribution is 6.31. The van der Waals surface area contributed by atoms with Gasteiger partial charge in [-0.2, -0.15) is 0 Å². The second-order valence-corrected chi connectivity index (χ2v) is 9.91. The first-order valence-electron chi connectivity index (χ1n) is 11.9. The Bertz CT molecular complexity index is 1130. The molecule has 1 atom stereocenters. The lowest BCUT2D eigenvalue weighted by molar-refractivity contribution is 0.109. The van der Waals surface area contributed by atoms with Crippen LogP contribution in [0.4, 0.5) is 14.9 Å². The third kappa shape index (κ3) is 5.13. The average Bonchev–Trinajstić information content (AvgIpc) is 3.47. The van der Waals surface area contributed by atoms with Crippen LogP contribution in [0.5, 0.6) is 0 Å². The summed E-state index contributed by atoms with van der Waals surface area (Å²) in [5.74, 6) is 0.448. The number of nitrogens with one attached hydrogen (secondary N) is 2. The zero-order valence-corrected chi connectivity index (χ0v) is 19.8. The normalized spacial score (nSPS) is 19.5. The summed E-state index contributed by atoms with van der Waals surface area (Å²) in [4.78, 5) is 15.6. The predicted molar refractivity (Wildman–Crippen MR) is 133 cm³/mol. The first kappa shape index (κ1) is 22.9. The molecule has 1 unspecified atom stereocenters. The first-order chi connectivity index (χ1) is 16.5. The van der Waals surface area contributed by atoms with Gasteiger partial charge in [0.25, 0.3) is 0 Å². The average molecular weight is 482 g/mol. The number of hydrogen-bond donors (Lipinski definition) is 2. The number of anilines is 1. The largest absolute Gasteiger partial charge is 0.464 e. The highest BCUT2D eigenvalue weighted by Gasteiger charge is 2.42. The molecule has 2 amide bonds. The molecule has 1 saturated heterocycles. The summed E-state index contributed by atoms with van der Waals surface area (Å²) in [5.41, 5.74) is 2.32. The van der Waals surface area contributed by atoms with E-state index in [0.717, 1.165) is 62.7 Å². The van der Waals surface area contributed by atoms with Gasteiger partial charge in [0, 0.05) is 23.2 Å². The number of rotatable bonds is 7. The van der Waals surface area contributed by atoms with E-state index in [9.17, 15) is 9.18 Å². The van der Waals surface area contributed by atoms with Gasteiger partial charge in [-0.3, -0.25) is 4.90 Å². The second kappa shape index (κ2) is 9.80. The lowest BCUT2D eigenvalue weighted by Crippen LogP contribution is -2.61. The summed E-state index contributed by atoms with van der Waals surface area (Å²) in [6, 6.07) is 16.0. The topological polar surface area (TPSA) is 57.5 Å². The van der Waals surface area contributed by atoms with Gasteiger partial charge in [-0.05, 0) is 93.1 Å². The molecule has 2 fully saturated rings. The number of likely N-dealkylation sites (tertiary alicyclic amines) is 1. The lowest BCUT2D eigenvalue weighted by Gasteiger charge is -2.46. The fourth-order valence-electron chi connectivity index (χ4n) is 5.20. The SMILES string of the molecule is O=C(Nc1ccc(Cl)cc1-c1ccco1)NC1(CN2CCCC2Cc2ccc(F)cc2)CCC1. The quantitative estimate of drug-likeness (QED) is 0.405. The van der Waals surface area contributed by atoms with Crippen molar-refractivity contribution in [3.05, 3.63) is 77.3 Å². The number of halogens is 2. The fraction of sp³-hybridized carbons (Fsp3) is 0.370. The van der Waals surface area contributed by atoms with Crippen LogP contribution in [-0.2, 0) is 6.42 Å². The molecule has 0 radical (unpaired) electrons. The standard InChI is InChI=1S/C27H29ClFN3O2/c28-20-8-11-24(23(17-20)25-5-2-15-34-25)30-26(33)31-27(12-3-13-27)18-32-14-1-4-22(32)16-19-6-9-21(29)10-7-19/h2,5-11,15,17,22H,1,3-4,12-14,16,18H2,(H2,30,31,33). The van der Waals surface area contributed by atoms with Crippen molar-refractivity contribution in [1.29, 1.82) is 0 Å². The molecule has 1 aromatic heterocycles. The minimum Gasteiger partial charge on any atom is -0.464 e. The van der Waals surface area contributed by atoms with Crippen LogP contribution in [0.25, 0.3) is 11.3 Å². The van der Waals surface area contributed by atoms with Crippen LogP contribution in [0.3, 0.4) is 0 Å². The predicted octanol–water partition coefficient (Wildman–Crippen LogP) is 6.49. The Labute approximate surface area is 204 Å². The lowest BCUT2D eigenvalue weighted by atomic mass is 9.76. The van der Waals surface area contributed by atoms with Crippen LogP contribution >= 0.6 is 11.6 Å². The third-order valence-corrected chi connectivity index (χ3v) is 7.33. The van der Waals surface area contributed by atoms with Crippen LogP contribution in [0, 0.1) is 5.82 Å². The number of carbonyl (C=O) groups is 1. The molecule has 2 heterocycles. The van der Waals surface area contributed by atoms with E-state index in [1.807, 2.05) is 24.3 Å². The van der Waals surface area contributed by atoms with E-state index in [-0.39, 0.29) is 17.4 Å². The van der Waals surface area contributed by atoms with Crippen molar-refractivity contribution in [1.82, 2.24) is 10.2 Å². The summed E-state index contributed by atoms with van der Waals surface area (Å²) < 4.78 is 18.8. The van der Waals surface area contributed by atoms with Gasteiger partial charge >= 0.3 is 6.03 Å². The van der Waals surface area contributed by atoms with Crippen LogP contribution in [0.2, 0.25) is 5.02 Å². The molecule has 1 saturated carbocycles. The molecule has 178 valence electrons. The molecule has 0 bridgehead atoms. The molecule has 5 rings (SSSR count). The van der Waals surface area contributed by atoms with Crippen molar-refractivity contribution in [2.75, 3.05) is 18.4 Å². The summed E-state index contributed by atoms with van der Waals surface area (Å²) in [6.07, 6.45) is 7.80. The number of nitrogens with zero attached hydrogens (tertiary/aromatic N) is 1. The second-order valence-electron chi connectivity index (χ2n) is 9.48. The first-order valence-corrected chi connectivity index (χ1v) is 12.3. The highest BCUT2D eigenvalue weighted by atomic mass is 35.5. The zero-order valence-electron chi connectivity index (χ0n) is 19.0. The van der Waals surface area contributed by atoms with E-state index in [2.05, 4.69) is 15.5 Å². The smallest absolute Gasteiger partial charge is 0.319 e. The fourth-order valence-corrected chi connectivity index (χ4v) is 5.37. The van der Waals surface area contributed by atoms with Gasteiger partial charge in [-0.1, -0.05) is 23.7 Å². The molecular weight excluding hydrogens is 453 g/mol. The van der Waals surface area contributed by atoms with E-state index >= 15 is 0 Å². The van der Waals surface area contributed by atoms with Gasteiger partial charge in [-0.15, -0.1) is 0 Å². The third-order valence-electron chi connectivity index (χ3n) is 7.10. The van der Waals surface area contributed by atoms with Gasteiger partial charge in [0.15, 0.2) is 0 Å². The number of benzene rings is 2. The number of amides is 2. The Balaban J connectivity index is 1.25. The van der Waals surface area contributed by atoms with E-state index in [4.69, 9.17) is 16.0 Å². The Morgan fingerprint density at radius 1 is 1.15 bits per heavy atom. The minimum atomic E-state index is -0.229. The van der Waals surface area contributed by atoms with Crippen LogP contribution < -0.4 is 10.6 Å². The highest BCUT2D eigenvalue weighted by Crippen LogP contribution is 2.36. The number of carbonyl (C=O) groups excluding carboxylic acids is 1. The van der Waals surface area contributed by atoms with Gasteiger partial charge in [0.2, 0.25) is 0 Å². The van der Waals surface area contributed by atoms with Crippen molar-refractivity contribution in [2.24, 2.45) is 0 Å². The molecule has 34 heavy (non-hydrogen) atoms. The van der Waals surface area contributed by atoms with Gasteiger partial charge in [0.1, 0.15) is 11.6 Å². The Morgan fingerprint density at radius 3 is 2.68 bits per heavy atom. The number of furan rings is 1. The molecule has 2 aromatic carbocycles. The van der Waals surface area contributed by atoms with Crippen molar-refractivity contribution < 1.29 is 13.6 Å². The van der Waals surface area contributed by atoms with E-state index in [0.29, 0.717) is 22.5 Å². The van der Waals surface area contributed by atoms with Crippen LogP contribution in [0.1, 0.15) is 37.7 Å². The van der Waals surface area contributed by atoms with Gasteiger partial charge in [0.05, 0.1) is 17.5 Å². The molecular formula is C27H29ClFN3O2. The summed E-state index contributed by atoms with van der Waals surface area (Å²) in [5, 5.41) is 6.87. The van der Waals surface area contributed by atoms with Crippen LogP contribution in [-0.4, -0.2) is 35.6 Å². The Hall–Kier alpha value is -2.83. The maximum atomic E-state index is 13.3. The maximum absolute atomic E-state index is 13.3. The van der Waals surface area contributed by atoms with E-state index < -0.39 is 0 Å². The van der Waals surface area contributed by atoms with E-state index in [1.165, 1.54) is 12.1 Å². The molecule has 1 aliphatic heterocycles. The van der Waals surface area contributed by atoms with Gasteiger partial charge in [-0.25, -0.2) is 9.18 Å². The van der Waals surface area contributed by atoms with Crippen molar-refractivity contribution in [3.63, 3.8) is 0 Å².